The van der Waals surface area contributed by atoms with Crippen molar-refractivity contribution in [2.24, 2.45) is 5.92 Å². The Balaban J connectivity index is 0. The molecule has 0 spiro atoms. The Morgan fingerprint density at radius 1 is 1.73 bits per heavy atom. The average Bonchev–Trinajstić information content (AvgIpc) is 1.85. The third-order valence-corrected chi connectivity index (χ3v) is 0.986. The van der Waals surface area contributed by atoms with E-state index in [9.17, 15) is 4.79 Å². The van der Waals surface area contributed by atoms with E-state index in [2.05, 4.69) is 31.9 Å². The van der Waals surface area contributed by atoms with Crippen molar-refractivity contribution in [3.8, 4) is 0 Å². The summed E-state index contributed by atoms with van der Waals surface area (Å²) in [6.45, 7) is 7.36. The van der Waals surface area contributed by atoms with Crippen molar-refractivity contribution in [3.63, 3.8) is 0 Å². The molecule has 0 fully saturated rings. The van der Waals surface area contributed by atoms with Crippen LogP contribution < -0.4 is 5.32 Å². The largest absolute Gasteiger partial charge is 0.521 e. The molecule has 0 aliphatic heterocycles. The summed E-state index contributed by atoms with van der Waals surface area (Å²) in [7, 11) is 0. The quantitative estimate of drug-likeness (QED) is 0.570. The van der Waals surface area contributed by atoms with E-state index in [1.54, 1.807) is 6.42 Å². The molecule has 0 saturated carbocycles. The van der Waals surface area contributed by atoms with E-state index in [1.807, 2.05) is 0 Å². The summed E-state index contributed by atoms with van der Waals surface area (Å²) < 4.78 is 0. The molecule has 0 aromatic rings. The number of hydrogen-bond acceptors (Lipinski definition) is 1. The van der Waals surface area contributed by atoms with Gasteiger partial charge in [0.1, 0.15) is 0 Å². The second-order valence-corrected chi connectivity index (χ2v) is 2.50. The van der Waals surface area contributed by atoms with Gasteiger partial charge in [0.05, 0.1) is 0 Å². The molecule has 0 aliphatic carbocycles. The molecule has 1 radical (unpaired) electrons. The van der Waals surface area contributed by atoms with Crippen LogP contribution in [-0.2, 0) is 37.5 Å². The molecule has 0 aliphatic rings. The molecule has 0 unspecified atom stereocenters. The van der Waals surface area contributed by atoms with Gasteiger partial charge in [0.15, 0.2) is 0 Å². The van der Waals surface area contributed by atoms with E-state index in [4.69, 9.17) is 0 Å². The molecule has 1 N–H and O–H groups in total. The van der Waals surface area contributed by atoms with Crippen LogP contribution in [0.5, 0.6) is 0 Å². The minimum absolute atomic E-state index is 0. The zero-order chi connectivity index (χ0) is 7.98. The second kappa shape index (κ2) is 8.28. The van der Waals surface area contributed by atoms with Crippen LogP contribution in [-0.4, -0.2) is 5.91 Å². The number of rotatable bonds is 4. The van der Waals surface area contributed by atoms with Crippen molar-refractivity contribution < 1.29 is 37.5 Å². The van der Waals surface area contributed by atoms with E-state index in [1.165, 1.54) is 0 Å². The van der Waals surface area contributed by atoms with Gasteiger partial charge >= 0.3 is 0 Å². The van der Waals surface area contributed by atoms with Crippen molar-refractivity contribution in [1.82, 2.24) is 5.32 Å². The topological polar surface area (TPSA) is 29.1 Å². The summed E-state index contributed by atoms with van der Waals surface area (Å²) in [4.78, 5) is 10.7. The Morgan fingerprint density at radius 3 is 2.64 bits per heavy atom. The van der Waals surface area contributed by atoms with Crippen molar-refractivity contribution in [3.05, 3.63) is 19.2 Å². The van der Waals surface area contributed by atoms with Crippen LogP contribution in [0.25, 0.3) is 0 Å². The molecule has 0 bridgehead atoms. The van der Waals surface area contributed by atoms with E-state index in [-0.39, 0.29) is 38.6 Å². The molecule has 0 aromatic carbocycles. The van der Waals surface area contributed by atoms with Crippen molar-refractivity contribution >= 4 is 5.91 Å². The minimum atomic E-state index is -0.122. The average molecular weight is 228 g/mol. The van der Waals surface area contributed by atoms with E-state index >= 15 is 0 Å². The number of nitrogens with one attached hydrogen (secondary N) is 1. The van der Waals surface area contributed by atoms with E-state index < -0.39 is 0 Å². The van der Waals surface area contributed by atoms with Crippen molar-refractivity contribution in [2.45, 2.75) is 20.3 Å². The smallest absolute Gasteiger partial charge is 0 e. The van der Waals surface area contributed by atoms with Crippen LogP contribution in [0, 0.1) is 18.5 Å². The van der Waals surface area contributed by atoms with Gasteiger partial charge in [-0.1, -0.05) is 25.7 Å². The van der Waals surface area contributed by atoms with Crippen LogP contribution in [0.1, 0.15) is 20.3 Å². The van der Waals surface area contributed by atoms with Gasteiger partial charge in [0.25, 0.3) is 0 Å². The number of carbonyl (C=O) groups excluding carboxylic acids is 1. The van der Waals surface area contributed by atoms with Gasteiger partial charge in [-0.05, 0) is 0 Å². The summed E-state index contributed by atoms with van der Waals surface area (Å²) >= 11 is 0. The maximum absolute atomic E-state index is 10.7. The molecule has 0 atom stereocenters. The van der Waals surface area contributed by atoms with Gasteiger partial charge < -0.3 is 16.5 Å². The number of amides is 1. The van der Waals surface area contributed by atoms with Crippen LogP contribution in [0.3, 0.4) is 0 Å². The molecular weight excluding hydrogens is 215 g/mol. The first-order valence-electron chi connectivity index (χ1n) is 3.32. The standard InChI is InChI=1S/C8H13NO.Y/c1-4-9-8(10)6-5-7(2)3;/h6-7H,1,5H2,2-3H3,(H,9,10);/q-2;. The summed E-state index contributed by atoms with van der Waals surface area (Å²) in [5.41, 5.74) is 0. The Hall–Kier alpha value is 0.184. The summed E-state index contributed by atoms with van der Waals surface area (Å²) in [5, 5.41) is 2.35. The van der Waals surface area contributed by atoms with Gasteiger partial charge in [-0.15, -0.1) is 0 Å². The minimum Gasteiger partial charge on any atom is -0.521 e. The second-order valence-electron chi connectivity index (χ2n) is 2.50. The van der Waals surface area contributed by atoms with Crippen LogP contribution >= 0.6 is 0 Å². The van der Waals surface area contributed by atoms with Crippen LogP contribution in [0.4, 0.5) is 0 Å². The monoisotopic (exact) mass is 228 g/mol. The zero-order valence-corrected chi connectivity index (χ0v) is 9.89. The molecule has 0 heterocycles. The predicted molar refractivity (Wildman–Crippen MR) is 40.8 cm³/mol. The number of carbonyl (C=O) groups is 1. The fraction of sp³-hybridized carbons (Fsp3) is 0.500. The molecule has 11 heavy (non-hydrogen) atoms. The van der Waals surface area contributed by atoms with Crippen molar-refractivity contribution in [1.29, 1.82) is 0 Å². The normalized spacial score (nSPS) is 8.27. The van der Waals surface area contributed by atoms with Gasteiger partial charge in [0, 0.05) is 32.7 Å². The summed E-state index contributed by atoms with van der Waals surface area (Å²) in [6, 6.07) is 0. The maximum Gasteiger partial charge on any atom is 0 e. The Labute approximate surface area is 93.7 Å². The van der Waals surface area contributed by atoms with Gasteiger partial charge in [0.2, 0.25) is 0 Å². The predicted octanol–water partition coefficient (Wildman–Crippen LogP) is 1.30. The van der Waals surface area contributed by atoms with E-state index in [0.29, 0.717) is 5.92 Å². The van der Waals surface area contributed by atoms with E-state index in [0.717, 1.165) is 6.42 Å². The number of hydrogen-bond donors (Lipinski definition) is 1. The van der Waals surface area contributed by atoms with Gasteiger partial charge in [-0.3, -0.25) is 0 Å². The van der Waals surface area contributed by atoms with Crippen LogP contribution in [0.2, 0.25) is 0 Å². The third-order valence-electron chi connectivity index (χ3n) is 0.986. The van der Waals surface area contributed by atoms with Gasteiger partial charge in [-0.2, -0.15) is 19.2 Å². The molecule has 3 heteroatoms. The summed E-state index contributed by atoms with van der Waals surface area (Å²) in [6.07, 6.45) is 4.71. The third kappa shape index (κ3) is 10.2. The SMILES string of the molecule is C=[C-]NC(=O)[CH-]CC(C)C.[Y]. The molecule has 0 aromatic heterocycles. The molecule has 2 nitrogen and oxygen atoms in total. The van der Waals surface area contributed by atoms with Crippen LogP contribution in [0.15, 0.2) is 6.58 Å². The first kappa shape index (κ1) is 13.8. The van der Waals surface area contributed by atoms with Crippen molar-refractivity contribution in [2.75, 3.05) is 0 Å². The molecule has 1 amide bonds. The zero-order valence-electron chi connectivity index (χ0n) is 7.05. The Kier molecular flexibility index (Phi) is 10.4. The molecular formula is C8H13NOY-2. The first-order valence-corrected chi connectivity index (χ1v) is 3.32. The summed E-state index contributed by atoms with van der Waals surface area (Å²) in [5.74, 6) is 0.402. The first-order chi connectivity index (χ1) is 4.66. The Morgan fingerprint density at radius 2 is 2.27 bits per heavy atom. The fourth-order valence-corrected chi connectivity index (χ4v) is 0.481. The molecule has 61 valence electrons. The maximum atomic E-state index is 10.7. The molecule has 0 rings (SSSR count). The Bertz CT molecular complexity index is 123. The fourth-order valence-electron chi connectivity index (χ4n) is 0.481. The van der Waals surface area contributed by atoms with Gasteiger partial charge in [-0.25, -0.2) is 0 Å². The molecule has 0 saturated heterocycles.